The highest BCUT2D eigenvalue weighted by Crippen LogP contribution is 2.31. The first kappa shape index (κ1) is 37.1. The zero-order chi connectivity index (χ0) is 34.1. The Bertz CT molecular complexity index is 1430. The molecule has 1 atom stereocenters. The van der Waals surface area contributed by atoms with Crippen molar-refractivity contribution in [2.45, 2.75) is 44.6 Å². The fourth-order valence-corrected chi connectivity index (χ4v) is 7.04. The zero-order valence-electron chi connectivity index (χ0n) is 26.9. The highest BCUT2D eigenvalue weighted by Gasteiger charge is 2.34. The summed E-state index contributed by atoms with van der Waals surface area (Å²) < 4.78 is 5.05. The number of halogens is 4. The molecule has 4 rings (SSSR count). The van der Waals surface area contributed by atoms with Crippen LogP contribution in [0, 0.1) is 0 Å². The standard InChI is InChI=1S/C33H41Cl4N5O5/c1-4-47-31(43)21-41-11-5-12-42(33(41)45)26-8-13-40(14-9-26)15-10-27(22-6-7-28(36)29(37)18-22)30(38-46-3)20-39(2)32(44)23-16-24(34)19-25(35)17-23/h6-7,16-19,26-27H,4-5,8-15,20-21H2,1-3H3/b38-30+/t27-/m1/s1. The highest BCUT2D eigenvalue weighted by molar-refractivity contribution is 6.42. The molecule has 14 heteroatoms. The molecule has 0 aromatic heterocycles. The summed E-state index contributed by atoms with van der Waals surface area (Å²) in [6.07, 6.45) is 3.15. The average Bonchev–Trinajstić information content (AvgIpc) is 3.03. The lowest BCUT2D eigenvalue weighted by Crippen LogP contribution is -2.56. The number of ether oxygens (including phenoxy) is 1. The van der Waals surface area contributed by atoms with E-state index in [-0.39, 0.29) is 43.0 Å². The van der Waals surface area contributed by atoms with Crippen LogP contribution >= 0.6 is 46.4 Å². The van der Waals surface area contributed by atoms with Gasteiger partial charge in [0.15, 0.2) is 0 Å². The molecular formula is C33H41Cl4N5O5. The number of amides is 3. The minimum atomic E-state index is -0.380. The molecule has 2 saturated heterocycles. The van der Waals surface area contributed by atoms with Gasteiger partial charge in [-0.15, -0.1) is 0 Å². The number of carbonyl (C=O) groups excluding carboxylic acids is 3. The maximum absolute atomic E-state index is 13.4. The Balaban J connectivity index is 1.43. The van der Waals surface area contributed by atoms with Crippen molar-refractivity contribution in [2.24, 2.45) is 5.16 Å². The van der Waals surface area contributed by atoms with Crippen molar-refractivity contribution >= 4 is 70.0 Å². The van der Waals surface area contributed by atoms with Crippen LogP contribution in [0.15, 0.2) is 41.6 Å². The van der Waals surface area contributed by atoms with Crippen molar-refractivity contribution in [3.8, 4) is 0 Å². The van der Waals surface area contributed by atoms with E-state index in [1.807, 2.05) is 17.0 Å². The lowest BCUT2D eigenvalue weighted by atomic mass is 9.89. The van der Waals surface area contributed by atoms with Gasteiger partial charge < -0.3 is 29.2 Å². The van der Waals surface area contributed by atoms with E-state index in [1.165, 1.54) is 7.11 Å². The Morgan fingerprint density at radius 3 is 2.34 bits per heavy atom. The predicted molar refractivity (Wildman–Crippen MR) is 186 cm³/mol. The van der Waals surface area contributed by atoms with Gasteiger partial charge >= 0.3 is 12.0 Å². The van der Waals surface area contributed by atoms with E-state index in [0.717, 1.165) is 44.5 Å². The lowest BCUT2D eigenvalue weighted by Gasteiger charge is -2.43. The minimum Gasteiger partial charge on any atom is -0.465 e. The van der Waals surface area contributed by atoms with Gasteiger partial charge in [-0.1, -0.05) is 57.6 Å². The summed E-state index contributed by atoms with van der Waals surface area (Å²) in [6.45, 7) is 5.82. The molecule has 2 aliphatic rings. The third-order valence-corrected chi connectivity index (χ3v) is 9.69. The zero-order valence-corrected chi connectivity index (χ0v) is 29.9. The molecule has 10 nitrogen and oxygen atoms in total. The van der Waals surface area contributed by atoms with Gasteiger partial charge in [-0.05, 0) is 75.0 Å². The van der Waals surface area contributed by atoms with E-state index in [2.05, 4.69) is 10.1 Å². The van der Waals surface area contributed by atoms with Crippen LogP contribution in [0.1, 0.15) is 54.4 Å². The highest BCUT2D eigenvalue weighted by atomic mass is 35.5. The number of esters is 1. The minimum absolute atomic E-state index is 0.0168. The van der Waals surface area contributed by atoms with Gasteiger partial charge in [0.2, 0.25) is 0 Å². The summed E-state index contributed by atoms with van der Waals surface area (Å²) in [5.74, 6) is -0.878. The van der Waals surface area contributed by atoms with Crippen LogP contribution in [-0.2, 0) is 14.4 Å². The van der Waals surface area contributed by atoms with E-state index >= 15 is 0 Å². The smallest absolute Gasteiger partial charge is 0.325 e. The maximum atomic E-state index is 13.4. The number of hydrogen-bond donors (Lipinski definition) is 0. The van der Waals surface area contributed by atoms with E-state index in [1.54, 1.807) is 48.0 Å². The summed E-state index contributed by atoms with van der Waals surface area (Å²) in [5.41, 5.74) is 1.91. The summed E-state index contributed by atoms with van der Waals surface area (Å²) in [4.78, 5) is 51.3. The van der Waals surface area contributed by atoms with E-state index < -0.39 is 0 Å². The van der Waals surface area contributed by atoms with Crippen molar-refractivity contribution in [1.29, 1.82) is 0 Å². The largest absolute Gasteiger partial charge is 0.465 e. The van der Waals surface area contributed by atoms with Crippen LogP contribution in [0.5, 0.6) is 0 Å². The Hall–Kier alpha value is -2.76. The van der Waals surface area contributed by atoms with Crippen molar-refractivity contribution in [1.82, 2.24) is 19.6 Å². The van der Waals surface area contributed by atoms with Gasteiger partial charge in [0.05, 0.1) is 28.9 Å². The Morgan fingerprint density at radius 1 is 1.00 bits per heavy atom. The molecule has 2 aromatic carbocycles. The molecule has 0 spiro atoms. The normalized spacial score (nSPS) is 17.1. The topological polar surface area (TPSA) is 95.0 Å². The number of oxime groups is 1. The van der Waals surface area contributed by atoms with Crippen LogP contribution in [0.2, 0.25) is 20.1 Å². The number of urea groups is 1. The molecule has 47 heavy (non-hydrogen) atoms. The van der Waals surface area contributed by atoms with Gasteiger partial charge in [-0.3, -0.25) is 9.59 Å². The summed E-state index contributed by atoms with van der Waals surface area (Å²) >= 11 is 25.0. The number of hydrogen-bond acceptors (Lipinski definition) is 7. The van der Waals surface area contributed by atoms with Gasteiger partial charge in [-0.2, -0.15) is 0 Å². The molecular weight excluding hydrogens is 688 g/mol. The molecule has 3 amide bonds. The Labute approximate surface area is 296 Å². The van der Waals surface area contributed by atoms with E-state index in [0.29, 0.717) is 57.5 Å². The molecule has 0 radical (unpaired) electrons. The van der Waals surface area contributed by atoms with Crippen LogP contribution in [0.3, 0.4) is 0 Å². The van der Waals surface area contributed by atoms with Gasteiger partial charge in [0.25, 0.3) is 5.91 Å². The van der Waals surface area contributed by atoms with E-state index in [9.17, 15) is 14.4 Å². The summed E-state index contributed by atoms with van der Waals surface area (Å²) in [6, 6.07) is 10.2. The second-order valence-corrected chi connectivity index (χ2v) is 13.4. The fraction of sp³-hybridized carbons (Fsp3) is 0.515. The second-order valence-electron chi connectivity index (χ2n) is 11.7. The molecule has 2 heterocycles. The molecule has 2 fully saturated rings. The number of benzene rings is 2. The third-order valence-electron chi connectivity index (χ3n) is 8.51. The average molecular weight is 730 g/mol. The Kier molecular flexibility index (Phi) is 13.9. The number of carbonyl (C=O) groups is 3. The van der Waals surface area contributed by atoms with Crippen LogP contribution in [0.4, 0.5) is 4.79 Å². The fourth-order valence-electron chi connectivity index (χ4n) is 6.21. The van der Waals surface area contributed by atoms with Crippen LogP contribution < -0.4 is 0 Å². The molecule has 0 N–H and O–H groups in total. The summed E-state index contributed by atoms with van der Waals surface area (Å²) in [7, 11) is 3.17. The van der Waals surface area contributed by atoms with Gasteiger partial charge in [0.1, 0.15) is 13.7 Å². The third kappa shape index (κ3) is 10.1. The molecule has 0 aliphatic carbocycles. The number of nitrogens with zero attached hydrogens (tertiary/aromatic N) is 5. The van der Waals surface area contributed by atoms with Crippen molar-refractivity contribution in [3.63, 3.8) is 0 Å². The second kappa shape index (κ2) is 17.6. The molecule has 0 bridgehead atoms. The first-order valence-electron chi connectivity index (χ1n) is 15.7. The number of piperidine rings is 1. The van der Waals surface area contributed by atoms with E-state index in [4.69, 9.17) is 56.0 Å². The molecule has 2 aromatic rings. The number of likely N-dealkylation sites (tertiary alicyclic amines) is 1. The lowest BCUT2D eigenvalue weighted by molar-refractivity contribution is -0.144. The molecule has 2 aliphatic heterocycles. The van der Waals surface area contributed by atoms with Crippen LogP contribution in [-0.4, -0.2) is 116 Å². The Morgan fingerprint density at radius 2 is 1.70 bits per heavy atom. The van der Waals surface area contributed by atoms with Crippen molar-refractivity contribution < 1.29 is 24.0 Å². The van der Waals surface area contributed by atoms with Crippen LogP contribution in [0.25, 0.3) is 0 Å². The molecule has 0 unspecified atom stereocenters. The number of rotatable bonds is 13. The van der Waals surface area contributed by atoms with Crippen molar-refractivity contribution in [2.75, 3.05) is 66.6 Å². The SMILES string of the molecule is CCOC(=O)CN1CCCN(C2CCN(CC[C@@H](/C(CN(C)C(=O)c3cc(Cl)cc(Cl)c3)=N/OC)c3ccc(Cl)c(Cl)c3)CC2)C1=O. The molecule has 0 saturated carbocycles. The predicted octanol–water partition coefficient (Wildman–Crippen LogP) is 6.70. The van der Waals surface area contributed by atoms with Gasteiger partial charge in [-0.25, -0.2) is 4.79 Å². The summed E-state index contributed by atoms with van der Waals surface area (Å²) in [5, 5.41) is 5.99. The maximum Gasteiger partial charge on any atom is 0.325 e. The molecule has 256 valence electrons. The van der Waals surface area contributed by atoms with Gasteiger partial charge in [0, 0.05) is 60.8 Å². The first-order chi connectivity index (χ1) is 22.5. The monoisotopic (exact) mass is 727 g/mol. The first-order valence-corrected chi connectivity index (χ1v) is 17.2. The van der Waals surface area contributed by atoms with Crippen molar-refractivity contribution in [3.05, 3.63) is 67.6 Å². The quantitative estimate of drug-likeness (QED) is 0.129.